The number of methoxy groups -OCH3 is 1. The van der Waals surface area contributed by atoms with Gasteiger partial charge in [0.25, 0.3) is 5.69 Å². The van der Waals surface area contributed by atoms with E-state index in [0.717, 1.165) is 0 Å². The second kappa shape index (κ2) is 5.87. The topological polar surface area (TPSA) is 64.4 Å². The van der Waals surface area contributed by atoms with E-state index in [-0.39, 0.29) is 5.69 Å². The van der Waals surface area contributed by atoms with E-state index in [9.17, 15) is 10.1 Å². The molecule has 0 unspecified atom stereocenters. The van der Waals surface area contributed by atoms with Crippen LogP contribution >= 0.6 is 0 Å². The summed E-state index contributed by atoms with van der Waals surface area (Å²) in [5.74, 6) is 0.606. The van der Waals surface area contributed by atoms with Crippen LogP contribution in [0.2, 0.25) is 0 Å². The molecule has 0 aliphatic heterocycles. The van der Waals surface area contributed by atoms with Gasteiger partial charge in [-0.3, -0.25) is 10.1 Å². The lowest BCUT2D eigenvalue weighted by molar-refractivity contribution is -0.385. The number of ether oxygens (including phenoxy) is 1. The van der Waals surface area contributed by atoms with Crippen molar-refractivity contribution in [2.45, 2.75) is 0 Å². The summed E-state index contributed by atoms with van der Waals surface area (Å²) < 4.78 is 5.02. The summed E-state index contributed by atoms with van der Waals surface area (Å²) in [4.78, 5) is 10.4. The fourth-order valence-electron chi connectivity index (χ4n) is 1.26. The van der Waals surface area contributed by atoms with E-state index < -0.39 is 4.92 Å². The Labute approximate surface area is 93.9 Å². The summed E-state index contributed by atoms with van der Waals surface area (Å²) in [5, 5.41) is 13.7. The van der Waals surface area contributed by atoms with Gasteiger partial charge in [-0.05, 0) is 19.2 Å². The number of hydrogen-bond donors (Lipinski definition) is 1. The molecule has 5 heteroatoms. The maximum Gasteiger partial charge on any atom is 0.276 e. The second-order valence-corrected chi connectivity index (χ2v) is 3.14. The average Bonchev–Trinajstić information content (AvgIpc) is 2.29. The number of nitro benzene ring substituents is 1. The number of hydrogen-bond acceptors (Lipinski definition) is 4. The lowest BCUT2D eigenvalue weighted by Crippen LogP contribution is -2.03. The third-order valence-electron chi connectivity index (χ3n) is 2.05. The van der Waals surface area contributed by atoms with Gasteiger partial charge in [0.05, 0.1) is 17.6 Å². The lowest BCUT2D eigenvalue weighted by Gasteiger charge is -2.02. The van der Waals surface area contributed by atoms with Crippen molar-refractivity contribution in [2.24, 2.45) is 0 Å². The van der Waals surface area contributed by atoms with E-state index in [2.05, 4.69) is 5.32 Å². The number of nitrogens with zero attached hydrogens (tertiary/aromatic N) is 1. The van der Waals surface area contributed by atoms with Crippen molar-refractivity contribution >= 4 is 11.8 Å². The highest BCUT2D eigenvalue weighted by molar-refractivity contribution is 5.63. The summed E-state index contributed by atoms with van der Waals surface area (Å²) in [7, 11) is 3.34. The molecule has 0 saturated carbocycles. The Morgan fingerprint density at radius 3 is 2.88 bits per heavy atom. The van der Waals surface area contributed by atoms with Crippen LogP contribution in [0.4, 0.5) is 5.69 Å². The van der Waals surface area contributed by atoms with Gasteiger partial charge in [-0.15, -0.1) is 0 Å². The van der Waals surface area contributed by atoms with Crippen molar-refractivity contribution < 1.29 is 9.66 Å². The predicted molar refractivity (Wildman–Crippen MR) is 62.6 cm³/mol. The quantitative estimate of drug-likeness (QED) is 0.609. The summed E-state index contributed by atoms with van der Waals surface area (Å²) >= 11 is 0. The molecule has 0 saturated heterocycles. The molecule has 0 aromatic heterocycles. The van der Waals surface area contributed by atoms with Gasteiger partial charge in [0.1, 0.15) is 5.75 Å². The largest absolute Gasteiger partial charge is 0.497 e. The first-order valence-electron chi connectivity index (χ1n) is 4.82. The highest BCUT2D eigenvalue weighted by Crippen LogP contribution is 2.24. The molecule has 0 atom stereocenters. The standard InChI is InChI=1S/C11H14N2O3/c1-12-7-3-4-9-8-10(16-2)5-6-11(9)13(14)15/h3-6,8,12H,7H2,1-2H3. The summed E-state index contributed by atoms with van der Waals surface area (Å²) in [6.07, 6.45) is 3.53. The van der Waals surface area contributed by atoms with Gasteiger partial charge in [0.2, 0.25) is 0 Å². The van der Waals surface area contributed by atoms with Crippen molar-refractivity contribution in [3.63, 3.8) is 0 Å². The molecule has 1 aromatic rings. The Kier molecular flexibility index (Phi) is 4.47. The van der Waals surface area contributed by atoms with Crippen molar-refractivity contribution in [3.8, 4) is 5.75 Å². The van der Waals surface area contributed by atoms with E-state index in [1.54, 1.807) is 18.2 Å². The van der Waals surface area contributed by atoms with E-state index >= 15 is 0 Å². The molecule has 1 rings (SSSR count). The van der Waals surface area contributed by atoms with Crippen LogP contribution in [0, 0.1) is 10.1 Å². The second-order valence-electron chi connectivity index (χ2n) is 3.14. The highest BCUT2D eigenvalue weighted by atomic mass is 16.6. The molecule has 0 aliphatic carbocycles. The third kappa shape index (κ3) is 3.06. The van der Waals surface area contributed by atoms with Crippen molar-refractivity contribution in [2.75, 3.05) is 20.7 Å². The molecule has 86 valence electrons. The molecule has 0 bridgehead atoms. The van der Waals surface area contributed by atoms with Crippen LogP contribution in [0.15, 0.2) is 24.3 Å². The molecule has 0 radical (unpaired) electrons. The van der Waals surface area contributed by atoms with Crippen molar-refractivity contribution in [1.82, 2.24) is 5.32 Å². The molecule has 0 fully saturated rings. The first kappa shape index (κ1) is 12.2. The third-order valence-corrected chi connectivity index (χ3v) is 2.05. The summed E-state index contributed by atoms with van der Waals surface area (Å²) in [5.41, 5.74) is 0.618. The first-order valence-corrected chi connectivity index (χ1v) is 4.82. The minimum absolute atomic E-state index is 0.0770. The minimum Gasteiger partial charge on any atom is -0.497 e. The van der Waals surface area contributed by atoms with Crippen LogP contribution in [0.1, 0.15) is 5.56 Å². The van der Waals surface area contributed by atoms with Crippen LogP contribution in [0.25, 0.3) is 6.08 Å². The van der Waals surface area contributed by atoms with Crippen molar-refractivity contribution in [3.05, 3.63) is 40.0 Å². The van der Waals surface area contributed by atoms with Gasteiger partial charge in [-0.1, -0.05) is 12.2 Å². The van der Waals surface area contributed by atoms with Gasteiger partial charge in [0.15, 0.2) is 0 Å². The Bertz CT molecular complexity index is 402. The van der Waals surface area contributed by atoms with Crippen LogP contribution in [0.5, 0.6) is 5.75 Å². The van der Waals surface area contributed by atoms with E-state index in [1.807, 2.05) is 13.1 Å². The number of rotatable bonds is 5. The fraction of sp³-hybridized carbons (Fsp3) is 0.273. The number of benzene rings is 1. The van der Waals surface area contributed by atoms with Gasteiger partial charge in [-0.25, -0.2) is 0 Å². The Balaban J connectivity index is 3.05. The van der Waals surface area contributed by atoms with E-state index in [4.69, 9.17) is 4.74 Å². The zero-order valence-corrected chi connectivity index (χ0v) is 9.27. The maximum atomic E-state index is 10.8. The van der Waals surface area contributed by atoms with Crippen molar-refractivity contribution in [1.29, 1.82) is 0 Å². The normalized spacial score (nSPS) is 10.6. The molecular formula is C11H14N2O3. The van der Waals surface area contributed by atoms with Crippen LogP contribution in [-0.2, 0) is 0 Å². The summed E-state index contributed by atoms with van der Waals surface area (Å²) in [6, 6.07) is 4.66. The lowest BCUT2D eigenvalue weighted by atomic mass is 10.1. The van der Waals surface area contributed by atoms with Gasteiger partial charge < -0.3 is 10.1 Å². The van der Waals surface area contributed by atoms with Gasteiger partial charge >= 0.3 is 0 Å². The monoisotopic (exact) mass is 222 g/mol. The van der Waals surface area contributed by atoms with Gasteiger partial charge in [0, 0.05) is 12.6 Å². The SMILES string of the molecule is CNCC=Cc1cc(OC)ccc1[N+](=O)[O-]. The number of nitrogens with one attached hydrogen (secondary N) is 1. The number of nitro groups is 1. The highest BCUT2D eigenvalue weighted by Gasteiger charge is 2.11. The Morgan fingerprint density at radius 2 is 2.31 bits per heavy atom. The molecule has 1 N–H and O–H groups in total. The van der Waals surface area contributed by atoms with Crippen LogP contribution in [0.3, 0.4) is 0 Å². The zero-order valence-electron chi connectivity index (χ0n) is 9.27. The predicted octanol–water partition coefficient (Wildman–Crippen LogP) is 1.84. The fourth-order valence-corrected chi connectivity index (χ4v) is 1.26. The Hall–Kier alpha value is -1.88. The van der Waals surface area contributed by atoms with E-state index in [1.165, 1.54) is 13.2 Å². The first-order chi connectivity index (χ1) is 7.69. The maximum absolute atomic E-state index is 10.8. The zero-order chi connectivity index (χ0) is 12.0. The average molecular weight is 222 g/mol. The van der Waals surface area contributed by atoms with Crippen LogP contribution < -0.4 is 10.1 Å². The molecule has 5 nitrogen and oxygen atoms in total. The molecule has 0 spiro atoms. The summed E-state index contributed by atoms with van der Waals surface area (Å²) in [6.45, 7) is 0.661. The van der Waals surface area contributed by atoms with E-state index in [0.29, 0.717) is 17.9 Å². The molecule has 0 aliphatic rings. The van der Waals surface area contributed by atoms with Gasteiger partial charge in [-0.2, -0.15) is 0 Å². The van der Waals surface area contributed by atoms with Crippen LogP contribution in [-0.4, -0.2) is 25.6 Å². The molecule has 0 heterocycles. The minimum atomic E-state index is -0.404. The number of likely N-dealkylation sites (N-methyl/N-ethyl adjacent to an activating group) is 1. The Morgan fingerprint density at radius 1 is 1.56 bits per heavy atom. The molecular weight excluding hydrogens is 208 g/mol. The molecule has 16 heavy (non-hydrogen) atoms. The smallest absolute Gasteiger partial charge is 0.276 e. The molecule has 1 aromatic carbocycles. The molecule has 0 amide bonds.